The predicted octanol–water partition coefficient (Wildman–Crippen LogP) is 4.28. The summed E-state index contributed by atoms with van der Waals surface area (Å²) in [5.74, 6) is 0.736. The molecule has 1 aliphatic rings. The second kappa shape index (κ2) is 3.37. The van der Waals surface area contributed by atoms with Gasteiger partial charge in [0.25, 0.3) is 0 Å². The molecule has 1 aliphatic carbocycles. The Morgan fingerprint density at radius 1 is 1.07 bits per heavy atom. The molecule has 1 unspecified atom stereocenters. The maximum Gasteiger partial charge on any atom is -0.0146 e. The molecule has 0 spiro atoms. The van der Waals surface area contributed by atoms with Crippen molar-refractivity contribution in [1.82, 2.24) is 0 Å². The molecule has 15 heavy (non-hydrogen) atoms. The molecule has 0 N–H and O–H groups in total. The summed E-state index contributed by atoms with van der Waals surface area (Å²) in [6.45, 7) is 2.37. The van der Waals surface area contributed by atoms with Crippen LogP contribution >= 0.6 is 0 Å². The van der Waals surface area contributed by atoms with Gasteiger partial charge in [-0.05, 0) is 47.1 Å². The molecule has 0 amide bonds. The molecule has 0 radical (unpaired) electrons. The summed E-state index contributed by atoms with van der Waals surface area (Å²) >= 11 is 0. The Morgan fingerprint density at radius 2 is 1.93 bits per heavy atom. The molecule has 0 bridgehead atoms. The fraction of sp³-hybridized carbons (Fsp3) is 0.333. The van der Waals surface area contributed by atoms with E-state index < -0.39 is 0 Å². The van der Waals surface area contributed by atoms with Crippen LogP contribution in [0.4, 0.5) is 0 Å². The minimum absolute atomic E-state index is 0.736. The Labute approximate surface area is 90.9 Å². The molecule has 0 aliphatic heterocycles. The van der Waals surface area contributed by atoms with E-state index in [9.17, 15) is 0 Å². The largest absolute Gasteiger partial charge is 0.0616 e. The summed E-state index contributed by atoms with van der Waals surface area (Å²) in [6.07, 6.45) is 3.97. The molecule has 3 rings (SSSR count). The van der Waals surface area contributed by atoms with Crippen molar-refractivity contribution < 1.29 is 0 Å². The number of hydrogen-bond donors (Lipinski definition) is 0. The van der Waals surface area contributed by atoms with Crippen LogP contribution < -0.4 is 0 Å². The summed E-state index contributed by atoms with van der Waals surface area (Å²) in [6, 6.07) is 13.4. The first-order chi connectivity index (χ1) is 7.36. The number of fused-ring (bicyclic) bond motifs is 3. The SMILES string of the molecule is CC1CCCc2ccc3ccccc3c21. The third kappa shape index (κ3) is 1.36. The number of rotatable bonds is 0. The van der Waals surface area contributed by atoms with Crippen LogP contribution in [0.2, 0.25) is 0 Å². The Balaban J connectivity index is 2.35. The van der Waals surface area contributed by atoms with E-state index in [-0.39, 0.29) is 0 Å². The van der Waals surface area contributed by atoms with E-state index in [0.717, 1.165) is 5.92 Å². The van der Waals surface area contributed by atoms with Crippen LogP contribution in [0.25, 0.3) is 10.8 Å². The van der Waals surface area contributed by atoms with E-state index in [2.05, 4.69) is 43.3 Å². The van der Waals surface area contributed by atoms with Crippen LogP contribution in [0.5, 0.6) is 0 Å². The molecular formula is C15H16. The van der Waals surface area contributed by atoms with E-state index in [4.69, 9.17) is 0 Å². The molecule has 0 aromatic heterocycles. The van der Waals surface area contributed by atoms with Gasteiger partial charge < -0.3 is 0 Å². The van der Waals surface area contributed by atoms with Crippen molar-refractivity contribution in [1.29, 1.82) is 0 Å². The molecule has 0 heteroatoms. The lowest BCUT2D eigenvalue weighted by Crippen LogP contribution is -2.07. The summed E-state index contributed by atoms with van der Waals surface area (Å²) in [7, 11) is 0. The Bertz CT molecular complexity index is 496. The topological polar surface area (TPSA) is 0 Å². The summed E-state index contributed by atoms with van der Waals surface area (Å²) in [4.78, 5) is 0. The average molecular weight is 196 g/mol. The first kappa shape index (κ1) is 8.96. The quantitative estimate of drug-likeness (QED) is 0.590. The number of hydrogen-bond acceptors (Lipinski definition) is 0. The monoisotopic (exact) mass is 196 g/mol. The van der Waals surface area contributed by atoms with Gasteiger partial charge in [-0.15, -0.1) is 0 Å². The summed E-state index contributed by atoms with van der Waals surface area (Å²) < 4.78 is 0. The van der Waals surface area contributed by atoms with Crippen LogP contribution in [0, 0.1) is 0 Å². The maximum atomic E-state index is 2.37. The Hall–Kier alpha value is -1.30. The molecule has 0 nitrogen and oxygen atoms in total. The van der Waals surface area contributed by atoms with Crippen molar-refractivity contribution in [3.05, 3.63) is 47.5 Å². The van der Waals surface area contributed by atoms with Crippen molar-refractivity contribution in [3.63, 3.8) is 0 Å². The van der Waals surface area contributed by atoms with Crippen LogP contribution in [-0.2, 0) is 6.42 Å². The standard InChI is InChI=1S/C15H16/c1-11-5-4-7-13-10-9-12-6-2-3-8-14(12)15(11)13/h2-3,6,8-11H,4-5,7H2,1H3. The number of benzene rings is 2. The lowest BCUT2D eigenvalue weighted by molar-refractivity contribution is 0.595. The summed E-state index contributed by atoms with van der Waals surface area (Å²) in [5, 5.41) is 2.87. The van der Waals surface area contributed by atoms with Gasteiger partial charge in [0.15, 0.2) is 0 Å². The van der Waals surface area contributed by atoms with Crippen LogP contribution in [0.1, 0.15) is 36.8 Å². The van der Waals surface area contributed by atoms with Gasteiger partial charge in [-0.2, -0.15) is 0 Å². The van der Waals surface area contributed by atoms with Crippen molar-refractivity contribution in [3.8, 4) is 0 Å². The first-order valence-corrected chi connectivity index (χ1v) is 5.87. The second-order valence-corrected chi connectivity index (χ2v) is 4.65. The van der Waals surface area contributed by atoms with Crippen LogP contribution in [0.3, 0.4) is 0 Å². The Kier molecular flexibility index (Phi) is 2.02. The normalized spacial score (nSPS) is 20.2. The second-order valence-electron chi connectivity index (χ2n) is 4.65. The van der Waals surface area contributed by atoms with Gasteiger partial charge in [-0.25, -0.2) is 0 Å². The molecule has 76 valence electrons. The van der Waals surface area contributed by atoms with Gasteiger partial charge in [-0.1, -0.05) is 43.3 Å². The lowest BCUT2D eigenvalue weighted by Gasteiger charge is -2.24. The number of aryl methyl sites for hydroxylation is 1. The zero-order valence-corrected chi connectivity index (χ0v) is 9.16. The van der Waals surface area contributed by atoms with E-state index in [0.29, 0.717) is 0 Å². The highest BCUT2D eigenvalue weighted by molar-refractivity contribution is 5.87. The average Bonchev–Trinajstić information content (AvgIpc) is 2.29. The summed E-state index contributed by atoms with van der Waals surface area (Å²) in [5.41, 5.74) is 3.19. The minimum atomic E-state index is 0.736. The smallest absolute Gasteiger partial charge is 0.0146 e. The van der Waals surface area contributed by atoms with Crippen molar-refractivity contribution in [2.75, 3.05) is 0 Å². The van der Waals surface area contributed by atoms with E-state index in [1.54, 1.807) is 11.1 Å². The first-order valence-electron chi connectivity index (χ1n) is 5.87. The van der Waals surface area contributed by atoms with E-state index in [1.807, 2.05) is 0 Å². The van der Waals surface area contributed by atoms with Gasteiger partial charge in [0, 0.05) is 0 Å². The third-order valence-corrected chi connectivity index (χ3v) is 3.64. The molecule has 0 saturated carbocycles. The van der Waals surface area contributed by atoms with Gasteiger partial charge in [0.05, 0.1) is 0 Å². The van der Waals surface area contributed by atoms with Crippen molar-refractivity contribution in [2.45, 2.75) is 32.1 Å². The molecule has 0 saturated heterocycles. The highest BCUT2D eigenvalue weighted by Crippen LogP contribution is 2.36. The van der Waals surface area contributed by atoms with Crippen LogP contribution in [-0.4, -0.2) is 0 Å². The van der Waals surface area contributed by atoms with E-state index >= 15 is 0 Å². The fourth-order valence-corrected chi connectivity index (χ4v) is 2.88. The van der Waals surface area contributed by atoms with Gasteiger partial charge in [-0.3, -0.25) is 0 Å². The van der Waals surface area contributed by atoms with Crippen LogP contribution in [0.15, 0.2) is 36.4 Å². The van der Waals surface area contributed by atoms with Crippen molar-refractivity contribution >= 4 is 10.8 Å². The minimum Gasteiger partial charge on any atom is -0.0616 e. The highest BCUT2D eigenvalue weighted by Gasteiger charge is 2.18. The maximum absolute atomic E-state index is 2.37. The fourth-order valence-electron chi connectivity index (χ4n) is 2.88. The predicted molar refractivity (Wildman–Crippen MR) is 65.3 cm³/mol. The molecular weight excluding hydrogens is 180 g/mol. The molecule has 2 aromatic carbocycles. The molecule has 0 fully saturated rings. The molecule has 0 heterocycles. The zero-order chi connectivity index (χ0) is 10.3. The van der Waals surface area contributed by atoms with E-state index in [1.165, 1.54) is 30.0 Å². The van der Waals surface area contributed by atoms with Gasteiger partial charge >= 0.3 is 0 Å². The Morgan fingerprint density at radius 3 is 2.87 bits per heavy atom. The highest BCUT2D eigenvalue weighted by atomic mass is 14.2. The van der Waals surface area contributed by atoms with Gasteiger partial charge in [0.1, 0.15) is 0 Å². The lowest BCUT2D eigenvalue weighted by atomic mass is 9.81. The molecule has 2 aromatic rings. The van der Waals surface area contributed by atoms with Gasteiger partial charge in [0.2, 0.25) is 0 Å². The third-order valence-electron chi connectivity index (χ3n) is 3.64. The van der Waals surface area contributed by atoms with Crippen molar-refractivity contribution in [2.24, 2.45) is 0 Å². The zero-order valence-electron chi connectivity index (χ0n) is 9.16. The molecule has 1 atom stereocenters.